The smallest absolute Gasteiger partial charge is 0.247 e. The van der Waals surface area contributed by atoms with Crippen LogP contribution in [0.1, 0.15) is 41.7 Å². The topological polar surface area (TPSA) is 64.0 Å². The molecule has 1 heterocycles. The lowest BCUT2D eigenvalue weighted by Crippen LogP contribution is -2.27. The van der Waals surface area contributed by atoms with Crippen molar-refractivity contribution < 1.29 is 9.59 Å². The van der Waals surface area contributed by atoms with Crippen LogP contribution in [0.2, 0.25) is 0 Å². The van der Waals surface area contributed by atoms with Crippen LogP contribution < -0.4 is 5.32 Å². The third kappa shape index (κ3) is 3.94. The highest BCUT2D eigenvalue weighted by Gasteiger charge is 2.14. The highest BCUT2D eigenvalue weighted by Crippen LogP contribution is 2.16. The van der Waals surface area contributed by atoms with Gasteiger partial charge in [0.05, 0.1) is 17.8 Å². The molecular weight excluding hydrogens is 314 g/mol. The summed E-state index contributed by atoms with van der Waals surface area (Å²) in [6, 6.07) is 15.5. The fourth-order valence-electron chi connectivity index (χ4n) is 2.82. The van der Waals surface area contributed by atoms with E-state index in [9.17, 15) is 9.59 Å². The third-order valence-corrected chi connectivity index (χ3v) is 4.20. The molecule has 5 nitrogen and oxygen atoms in total. The first-order valence-corrected chi connectivity index (χ1v) is 8.36. The quantitative estimate of drug-likeness (QED) is 0.774. The zero-order valence-corrected chi connectivity index (χ0v) is 14.4. The van der Waals surface area contributed by atoms with Crippen molar-refractivity contribution in [2.45, 2.75) is 32.7 Å². The number of aryl methyl sites for hydroxylation is 1. The van der Waals surface area contributed by atoms with Gasteiger partial charge in [0.1, 0.15) is 0 Å². The average Bonchev–Trinajstić information content (AvgIpc) is 3.03. The zero-order valence-electron chi connectivity index (χ0n) is 14.4. The van der Waals surface area contributed by atoms with Crippen molar-refractivity contribution in [2.24, 2.45) is 0 Å². The van der Waals surface area contributed by atoms with E-state index in [2.05, 4.69) is 10.4 Å². The second-order valence-electron chi connectivity index (χ2n) is 6.21. The summed E-state index contributed by atoms with van der Waals surface area (Å²) in [7, 11) is 0. The first-order valence-electron chi connectivity index (χ1n) is 8.36. The molecule has 2 aromatic carbocycles. The SMILES string of the molecule is Cc1ccc2c(cnn2C(=O)CCC(=O)NC(C)c2ccccc2)c1. The van der Waals surface area contributed by atoms with Gasteiger partial charge < -0.3 is 5.32 Å². The van der Waals surface area contributed by atoms with Gasteiger partial charge >= 0.3 is 0 Å². The average molecular weight is 335 g/mol. The monoisotopic (exact) mass is 335 g/mol. The molecule has 0 saturated heterocycles. The molecule has 1 amide bonds. The molecule has 3 rings (SSSR count). The van der Waals surface area contributed by atoms with Crippen LogP contribution in [0, 0.1) is 6.92 Å². The van der Waals surface area contributed by atoms with E-state index in [1.54, 1.807) is 6.20 Å². The Kier molecular flexibility index (Phi) is 4.93. The molecule has 0 fully saturated rings. The van der Waals surface area contributed by atoms with Gasteiger partial charge in [0.15, 0.2) is 0 Å². The minimum absolute atomic E-state index is 0.0858. The number of hydrogen-bond donors (Lipinski definition) is 1. The Bertz CT molecular complexity index is 900. The summed E-state index contributed by atoms with van der Waals surface area (Å²) in [6.45, 7) is 3.93. The molecule has 0 radical (unpaired) electrons. The summed E-state index contributed by atoms with van der Waals surface area (Å²) in [4.78, 5) is 24.5. The molecule has 1 unspecified atom stereocenters. The lowest BCUT2D eigenvalue weighted by molar-refractivity contribution is -0.121. The van der Waals surface area contributed by atoms with Gasteiger partial charge in [-0.25, -0.2) is 4.68 Å². The number of nitrogens with one attached hydrogen (secondary N) is 1. The Morgan fingerprint density at radius 3 is 2.64 bits per heavy atom. The van der Waals surface area contributed by atoms with Crippen LogP contribution in [0.3, 0.4) is 0 Å². The summed E-state index contributed by atoms with van der Waals surface area (Å²) in [5, 5.41) is 8.01. The van der Waals surface area contributed by atoms with E-state index in [1.807, 2.05) is 62.4 Å². The summed E-state index contributed by atoms with van der Waals surface area (Å²) in [5.41, 5.74) is 2.93. The molecule has 0 aliphatic carbocycles. The molecule has 3 aromatic rings. The van der Waals surface area contributed by atoms with Gasteiger partial charge in [-0.2, -0.15) is 5.10 Å². The number of hydrogen-bond acceptors (Lipinski definition) is 3. The van der Waals surface area contributed by atoms with E-state index < -0.39 is 0 Å². The Balaban J connectivity index is 1.59. The third-order valence-electron chi connectivity index (χ3n) is 4.20. The maximum absolute atomic E-state index is 12.4. The van der Waals surface area contributed by atoms with E-state index in [1.165, 1.54) is 4.68 Å². The second-order valence-corrected chi connectivity index (χ2v) is 6.21. The minimum Gasteiger partial charge on any atom is -0.350 e. The van der Waals surface area contributed by atoms with E-state index in [0.717, 1.165) is 22.0 Å². The highest BCUT2D eigenvalue weighted by atomic mass is 16.2. The van der Waals surface area contributed by atoms with Crippen molar-refractivity contribution in [1.29, 1.82) is 0 Å². The normalized spacial score (nSPS) is 12.1. The minimum atomic E-state index is -0.179. The molecular formula is C20H21N3O2. The van der Waals surface area contributed by atoms with Crippen molar-refractivity contribution in [3.63, 3.8) is 0 Å². The molecule has 0 spiro atoms. The number of carbonyl (C=O) groups excluding carboxylic acids is 2. The van der Waals surface area contributed by atoms with E-state index in [-0.39, 0.29) is 30.7 Å². The predicted molar refractivity (Wildman–Crippen MR) is 97.3 cm³/mol. The molecule has 0 saturated carbocycles. The predicted octanol–water partition coefficient (Wildman–Crippen LogP) is 3.64. The Hall–Kier alpha value is -2.95. The molecule has 0 aliphatic rings. The molecule has 25 heavy (non-hydrogen) atoms. The van der Waals surface area contributed by atoms with Crippen LogP contribution in [0.4, 0.5) is 0 Å². The molecule has 0 bridgehead atoms. The molecule has 128 valence electrons. The van der Waals surface area contributed by atoms with Crippen molar-refractivity contribution >= 4 is 22.7 Å². The van der Waals surface area contributed by atoms with Crippen LogP contribution in [0.5, 0.6) is 0 Å². The molecule has 1 atom stereocenters. The summed E-state index contributed by atoms with van der Waals surface area (Å²) < 4.78 is 1.38. The maximum Gasteiger partial charge on any atom is 0.247 e. The maximum atomic E-state index is 12.4. The number of fused-ring (bicyclic) bond motifs is 1. The number of benzene rings is 2. The van der Waals surface area contributed by atoms with Crippen LogP contribution in [-0.2, 0) is 4.79 Å². The molecule has 0 aliphatic heterocycles. The number of aromatic nitrogens is 2. The summed E-state index contributed by atoms with van der Waals surface area (Å²) in [6.07, 6.45) is 1.94. The van der Waals surface area contributed by atoms with Crippen LogP contribution >= 0.6 is 0 Å². The van der Waals surface area contributed by atoms with Crippen LogP contribution in [0.15, 0.2) is 54.7 Å². The van der Waals surface area contributed by atoms with E-state index in [4.69, 9.17) is 0 Å². The Morgan fingerprint density at radius 1 is 1.12 bits per heavy atom. The van der Waals surface area contributed by atoms with Crippen molar-refractivity contribution in [1.82, 2.24) is 15.1 Å². The lowest BCUT2D eigenvalue weighted by atomic mass is 10.1. The summed E-state index contributed by atoms with van der Waals surface area (Å²) >= 11 is 0. The number of nitrogens with zero attached hydrogens (tertiary/aromatic N) is 2. The molecule has 5 heteroatoms. The Labute approximate surface area is 146 Å². The van der Waals surface area contributed by atoms with Crippen LogP contribution in [-0.4, -0.2) is 21.6 Å². The molecule has 1 N–H and O–H groups in total. The molecule has 1 aromatic heterocycles. The van der Waals surface area contributed by atoms with Gasteiger partial charge in [-0.05, 0) is 31.5 Å². The summed E-state index contributed by atoms with van der Waals surface area (Å²) in [5.74, 6) is -0.321. The number of carbonyl (C=O) groups is 2. The Morgan fingerprint density at radius 2 is 1.88 bits per heavy atom. The van der Waals surface area contributed by atoms with Gasteiger partial charge in [0.2, 0.25) is 11.8 Å². The van der Waals surface area contributed by atoms with Gasteiger partial charge in [0, 0.05) is 18.2 Å². The van der Waals surface area contributed by atoms with Crippen molar-refractivity contribution in [3.8, 4) is 0 Å². The standard InChI is InChI=1S/C20H21N3O2/c1-14-8-9-18-17(12-14)13-21-23(18)20(25)11-10-19(24)22-15(2)16-6-4-3-5-7-16/h3-9,12-13,15H,10-11H2,1-2H3,(H,22,24). The number of rotatable bonds is 5. The number of amides is 1. The highest BCUT2D eigenvalue weighted by molar-refractivity contribution is 5.92. The van der Waals surface area contributed by atoms with Gasteiger partial charge in [-0.15, -0.1) is 0 Å². The second kappa shape index (κ2) is 7.30. The largest absolute Gasteiger partial charge is 0.350 e. The van der Waals surface area contributed by atoms with Crippen LogP contribution in [0.25, 0.3) is 10.9 Å². The van der Waals surface area contributed by atoms with Crippen molar-refractivity contribution in [2.75, 3.05) is 0 Å². The van der Waals surface area contributed by atoms with Gasteiger partial charge in [0.25, 0.3) is 0 Å². The van der Waals surface area contributed by atoms with Gasteiger partial charge in [-0.3, -0.25) is 9.59 Å². The van der Waals surface area contributed by atoms with E-state index in [0.29, 0.717) is 0 Å². The fraction of sp³-hybridized carbons (Fsp3) is 0.250. The fourth-order valence-corrected chi connectivity index (χ4v) is 2.82. The first kappa shape index (κ1) is 16.9. The zero-order chi connectivity index (χ0) is 17.8. The van der Waals surface area contributed by atoms with Crippen molar-refractivity contribution in [3.05, 3.63) is 65.9 Å². The van der Waals surface area contributed by atoms with Gasteiger partial charge in [-0.1, -0.05) is 42.0 Å². The lowest BCUT2D eigenvalue weighted by Gasteiger charge is -2.14. The van der Waals surface area contributed by atoms with E-state index >= 15 is 0 Å². The first-order chi connectivity index (χ1) is 12.0.